The molecule has 0 aromatic rings. The van der Waals surface area contributed by atoms with Crippen LogP contribution in [0.4, 0.5) is 0 Å². The Labute approximate surface area is 105 Å². The monoisotopic (exact) mass is 263 g/mol. The van der Waals surface area contributed by atoms with Gasteiger partial charge in [0, 0.05) is 12.6 Å². The Bertz CT molecular complexity index is 314. The minimum Gasteiger partial charge on any atom is -0.377 e. The van der Waals surface area contributed by atoms with Gasteiger partial charge in [-0.3, -0.25) is 0 Å². The van der Waals surface area contributed by atoms with E-state index in [0.29, 0.717) is 18.3 Å². The summed E-state index contributed by atoms with van der Waals surface area (Å²) in [7, 11) is -2.77. The normalized spacial score (nSPS) is 25.3. The number of hydrogen-bond donors (Lipinski definition) is 1. The Morgan fingerprint density at radius 1 is 1.35 bits per heavy atom. The van der Waals surface area contributed by atoms with Gasteiger partial charge in [-0.2, -0.15) is 0 Å². The van der Waals surface area contributed by atoms with Gasteiger partial charge in [-0.25, -0.2) is 8.42 Å². The van der Waals surface area contributed by atoms with Gasteiger partial charge in [-0.15, -0.1) is 0 Å². The fraction of sp³-hybridized carbons (Fsp3) is 1.00. The van der Waals surface area contributed by atoms with Crippen LogP contribution in [-0.2, 0) is 14.6 Å². The van der Waals surface area contributed by atoms with Crippen LogP contribution in [0, 0.1) is 5.92 Å². The van der Waals surface area contributed by atoms with Crippen LogP contribution >= 0.6 is 0 Å². The second kappa shape index (κ2) is 6.71. The molecule has 0 aromatic carbocycles. The average Bonchev–Trinajstić information content (AvgIpc) is 2.52. The van der Waals surface area contributed by atoms with E-state index in [1.54, 1.807) is 0 Å². The van der Waals surface area contributed by atoms with Crippen molar-refractivity contribution in [1.82, 2.24) is 5.32 Å². The molecule has 1 aliphatic heterocycles. The zero-order valence-electron chi connectivity index (χ0n) is 11.1. The maximum absolute atomic E-state index is 11.2. The average molecular weight is 263 g/mol. The first-order valence-corrected chi connectivity index (χ1v) is 8.26. The fourth-order valence-corrected chi connectivity index (χ4v) is 3.92. The van der Waals surface area contributed by atoms with Crippen molar-refractivity contribution in [2.24, 2.45) is 5.92 Å². The molecule has 4 nitrogen and oxygen atoms in total. The van der Waals surface area contributed by atoms with Gasteiger partial charge < -0.3 is 10.1 Å². The van der Waals surface area contributed by atoms with E-state index in [1.165, 1.54) is 0 Å². The van der Waals surface area contributed by atoms with E-state index in [2.05, 4.69) is 26.1 Å². The van der Waals surface area contributed by atoms with Gasteiger partial charge in [0.1, 0.15) is 0 Å². The van der Waals surface area contributed by atoms with Crippen LogP contribution in [0.1, 0.15) is 33.6 Å². The predicted octanol–water partition coefficient (Wildman–Crippen LogP) is 1.21. The van der Waals surface area contributed by atoms with Crippen LogP contribution in [0.2, 0.25) is 0 Å². The molecule has 1 saturated heterocycles. The van der Waals surface area contributed by atoms with Gasteiger partial charge in [-0.05, 0) is 25.7 Å². The molecule has 0 aliphatic carbocycles. The molecule has 102 valence electrons. The second-order valence-electron chi connectivity index (χ2n) is 5.37. The van der Waals surface area contributed by atoms with Crippen LogP contribution in [0.25, 0.3) is 0 Å². The molecule has 0 amide bonds. The van der Waals surface area contributed by atoms with E-state index in [9.17, 15) is 8.42 Å². The SMILES string of the molecule is CC(C)CC(C)OCCNC1CCS(=O)(=O)C1. The number of sulfone groups is 1. The van der Waals surface area contributed by atoms with Gasteiger partial charge in [-0.1, -0.05) is 13.8 Å². The largest absolute Gasteiger partial charge is 0.377 e. The summed E-state index contributed by atoms with van der Waals surface area (Å²) in [6.07, 6.45) is 2.09. The number of rotatable bonds is 7. The standard InChI is InChI=1S/C12H25NO3S/c1-10(2)8-11(3)16-6-5-13-12-4-7-17(14,15)9-12/h10-13H,4-9H2,1-3H3. The van der Waals surface area contributed by atoms with E-state index in [-0.39, 0.29) is 17.9 Å². The molecule has 5 heteroatoms. The minimum absolute atomic E-state index is 0.129. The van der Waals surface area contributed by atoms with Crippen LogP contribution in [0.15, 0.2) is 0 Å². The molecule has 2 atom stereocenters. The Hall–Kier alpha value is -0.130. The third kappa shape index (κ3) is 6.38. The first-order chi connectivity index (χ1) is 7.89. The second-order valence-corrected chi connectivity index (χ2v) is 7.59. The zero-order valence-corrected chi connectivity index (χ0v) is 11.9. The highest BCUT2D eigenvalue weighted by Gasteiger charge is 2.26. The van der Waals surface area contributed by atoms with E-state index >= 15 is 0 Å². The highest BCUT2D eigenvalue weighted by atomic mass is 32.2. The molecule has 0 bridgehead atoms. The minimum atomic E-state index is -2.77. The summed E-state index contributed by atoms with van der Waals surface area (Å²) in [6, 6.07) is 0.129. The molecule has 17 heavy (non-hydrogen) atoms. The molecular weight excluding hydrogens is 238 g/mol. The molecule has 1 rings (SSSR count). The Morgan fingerprint density at radius 2 is 2.06 bits per heavy atom. The van der Waals surface area contributed by atoms with Gasteiger partial charge in [0.2, 0.25) is 0 Å². The predicted molar refractivity (Wildman–Crippen MR) is 69.9 cm³/mol. The summed E-state index contributed by atoms with van der Waals surface area (Å²) < 4.78 is 28.1. The summed E-state index contributed by atoms with van der Waals surface area (Å²) in [5.74, 6) is 1.27. The highest BCUT2D eigenvalue weighted by Crippen LogP contribution is 2.11. The van der Waals surface area contributed by atoms with E-state index < -0.39 is 9.84 Å². The highest BCUT2D eigenvalue weighted by molar-refractivity contribution is 7.91. The Morgan fingerprint density at radius 3 is 2.59 bits per heavy atom. The smallest absolute Gasteiger partial charge is 0.151 e. The van der Waals surface area contributed by atoms with Crippen molar-refractivity contribution in [1.29, 1.82) is 0 Å². The topological polar surface area (TPSA) is 55.4 Å². The molecule has 1 fully saturated rings. The molecule has 0 spiro atoms. The molecule has 2 unspecified atom stereocenters. The first kappa shape index (κ1) is 14.9. The van der Waals surface area contributed by atoms with Crippen LogP contribution < -0.4 is 5.32 Å². The molecule has 0 radical (unpaired) electrons. The lowest BCUT2D eigenvalue weighted by Gasteiger charge is -2.16. The molecule has 1 heterocycles. The number of nitrogens with one attached hydrogen (secondary N) is 1. The summed E-state index contributed by atoms with van der Waals surface area (Å²) in [5, 5.41) is 3.24. The van der Waals surface area contributed by atoms with Gasteiger partial charge in [0.05, 0.1) is 24.2 Å². The Kier molecular flexibility index (Phi) is 5.89. The quantitative estimate of drug-likeness (QED) is 0.702. The summed E-state index contributed by atoms with van der Waals surface area (Å²) in [5.41, 5.74) is 0. The van der Waals surface area contributed by atoms with Crippen molar-refractivity contribution >= 4 is 9.84 Å². The first-order valence-electron chi connectivity index (χ1n) is 6.44. The Balaban J connectivity index is 2.05. The fourth-order valence-electron chi connectivity index (χ4n) is 2.21. The lowest BCUT2D eigenvalue weighted by Crippen LogP contribution is -2.33. The molecule has 0 aromatic heterocycles. The van der Waals surface area contributed by atoms with Crippen molar-refractivity contribution in [2.45, 2.75) is 45.8 Å². The van der Waals surface area contributed by atoms with Gasteiger partial charge in [0.25, 0.3) is 0 Å². The number of ether oxygens (including phenoxy) is 1. The van der Waals surface area contributed by atoms with Gasteiger partial charge >= 0.3 is 0 Å². The third-order valence-corrected chi connectivity index (χ3v) is 4.74. The summed E-state index contributed by atoms with van der Waals surface area (Å²) in [4.78, 5) is 0. The van der Waals surface area contributed by atoms with Crippen molar-refractivity contribution in [3.05, 3.63) is 0 Å². The molecule has 1 aliphatic rings. The lowest BCUT2D eigenvalue weighted by molar-refractivity contribution is 0.0530. The van der Waals surface area contributed by atoms with Crippen molar-refractivity contribution in [3.8, 4) is 0 Å². The van der Waals surface area contributed by atoms with Crippen molar-refractivity contribution < 1.29 is 13.2 Å². The van der Waals surface area contributed by atoms with E-state index in [4.69, 9.17) is 4.74 Å². The zero-order chi connectivity index (χ0) is 12.9. The van der Waals surface area contributed by atoms with E-state index in [0.717, 1.165) is 19.4 Å². The van der Waals surface area contributed by atoms with Gasteiger partial charge in [0.15, 0.2) is 9.84 Å². The number of hydrogen-bond acceptors (Lipinski definition) is 4. The molecule has 1 N–H and O–H groups in total. The molecule has 0 saturated carbocycles. The maximum atomic E-state index is 11.2. The summed E-state index contributed by atoms with van der Waals surface area (Å²) in [6.45, 7) is 7.84. The summed E-state index contributed by atoms with van der Waals surface area (Å²) >= 11 is 0. The van der Waals surface area contributed by atoms with E-state index in [1.807, 2.05) is 0 Å². The maximum Gasteiger partial charge on any atom is 0.151 e. The third-order valence-electron chi connectivity index (χ3n) is 2.97. The van der Waals surface area contributed by atoms with Crippen LogP contribution in [0.5, 0.6) is 0 Å². The lowest BCUT2D eigenvalue weighted by atomic mass is 10.1. The van der Waals surface area contributed by atoms with Crippen molar-refractivity contribution in [3.63, 3.8) is 0 Å². The van der Waals surface area contributed by atoms with Crippen LogP contribution in [0.3, 0.4) is 0 Å². The van der Waals surface area contributed by atoms with Crippen LogP contribution in [-0.4, -0.2) is 45.2 Å². The van der Waals surface area contributed by atoms with Crippen molar-refractivity contribution in [2.75, 3.05) is 24.7 Å². The molecular formula is C12H25NO3S.